The van der Waals surface area contributed by atoms with Crippen molar-refractivity contribution in [1.82, 2.24) is 0 Å². The van der Waals surface area contributed by atoms with Crippen LogP contribution in [0.4, 0.5) is 0 Å². The summed E-state index contributed by atoms with van der Waals surface area (Å²) in [6.45, 7) is 0. The van der Waals surface area contributed by atoms with Crippen LogP contribution in [0.1, 0.15) is 47.8 Å². The summed E-state index contributed by atoms with van der Waals surface area (Å²) in [6.07, 6.45) is 7.72. The summed E-state index contributed by atoms with van der Waals surface area (Å²) in [4.78, 5) is 0. The van der Waals surface area contributed by atoms with Crippen LogP contribution in [0, 0.1) is 5.92 Å². The fourth-order valence-corrected chi connectivity index (χ4v) is 4.46. The first-order valence-electron chi connectivity index (χ1n) is 7.52. The molecule has 0 nitrogen and oxygen atoms in total. The Kier molecular flexibility index (Phi) is 2.81. The summed E-state index contributed by atoms with van der Waals surface area (Å²) in [5, 5.41) is 3.12. The number of aryl methyl sites for hydroxylation is 2. The molecule has 19 heavy (non-hydrogen) atoms. The Balaban J connectivity index is 1.87. The van der Waals surface area contributed by atoms with Crippen LogP contribution >= 0.6 is 11.6 Å². The molecule has 1 unspecified atom stereocenters. The van der Waals surface area contributed by atoms with E-state index in [1.807, 2.05) is 0 Å². The van der Waals surface area contributed by atoms with Gasteiger partial charge in [0.15, 0.2) is 0 Å². The minimum Gasteiger partial charge on any atom is -0.117 e. The van der Waals surface area contributed by atoms with Crippen LogP contribution in [0.5, 0.6) is 0 Å². The third kappa shape index (κ3) is 1.80. The normalized spacial score (nSPS) is 20.3. The lowest BCUT2D eigenvalue weighted by Crippen LogP contribution is -2.04. The van der Waals surface area contributed by atoms with Gasteiger partial charge in [-0.2, -0.15) is 0 Å². The van der Waals surface area contributed by atoms with E-state index < -0.39 is 0 Å². The molecule has 4 rings (SSSR count). The Bertz CT molecular complexity index is 613. The Labute approximate surface area is 119 Å². The smallest absolute Gasteiger partial charge is 0.0619 e. The fraction of sp³-hybridized carbons (Fsp3) is 0.444. The summed E-state index contributed by atoms with van der Waals surface area (Å²) < 4.78 is 0. The van der Waals surface area contributed by atoms with Gasteiger partial charge in [0, 0.05) is 0 Å². The van der Waals surface area contributed by atoms with Crippen molar-refractivity contribution in [3.63, 3.8) is 0 Å². The molecule has 1 heteroatoms. The summed E-state index contributed by atoms with van der Waals surface area (Å²) in [5.41, 5.74) is 4.41. The van der Waals surface area contributed by atoms with Crippen LogP contribution in [-0.2, 0) is 12.8 Å². The topological polar surface area (TPSA) is 0 Å². The third-order valence-corrected chi connectivity index (χ3v) is 5.61. The van der Waals surface area contributed by atoms with Gasteiger partial charge in [-0.25, -0.2) is 0 Å². The molecule has 2 aromatic rings. The molecule has 1 saturated carbocycles. The molecule has 0 amide bonds. The maximum atomic E-state index is 6.82. The monoisotopic (exact) mass is 270 g/mol. The first kappa shape index (κ1) is 11.8. The first-order chi connectivity index (χ1) is 9.34. The Morgan fingerprint density at radius 1 is 0.947 bits per heavy atom. The van der Waals surface area contributed by atoms with Gasteiger partial charge in [-0.05, 0) is 59.1 Å². The molecular weight excluding hydrogens is 252 g/mol. The molecule has 0 saturated heterocycles. The second-order valence-corrected chi connectivity index (χ2v) is 6.57. The quantitative estimate of drug-likeness (QED) is 0.640. The average molecular weight is 271 g/mol. The van der Waals surface area contributed by atoms with Gasteiger partial charge in [0.05, 0.1) is 5.38 Å². The van der Waals surface area contributed by atoms with E-state index in [4.69, 9.17) is 11.6 Å². The molecule has 0 radical (unpaired) electrons. The lowest BCUT2D eigenvalue weighted by atomic mass is 9.91. The van der Waals surface area contributed by atoms with Crippen LogP contribution in [0.3, 0.4) is 0 Å². The Morgan fingerprint density at radius 2 is 1.68 bits per heavy atom. The summed E-state index contributed by atoms with van der Waals surface area (Å²) in [6, 6.07) is 11.4. The van der Waals surface area contributed by atoms with Gasteiger partial charge < -0.3 is 0 Å². The van der Waals surface area contributed by atoms with Crippen molar-refractivity contribution in [2.45, 2.75) is 43.9 Å². The van der Waals surface area contributed by atoms with Gasteiger partial charge in [0.2, 0.25) is 0 Å². The van der Waals surface area contributed by atoms with Gasteiger partial charge >= 0.3 is 0 Å². The minimum atomic E-state index is 0.201. The molecule has 0 aliphatic heterocycles. The zero-order valence-corrected chi connectivity index (χ0v) is 11.9. The number of alkyl halides is 1. The van der Waals surface area contributed by atoms with Crippen LogP contribution in [0.15, 0.2) is 30.3 Å². The number of rotatable bonds is 2. The van der Waals surface area contributed by atoms with Gasteiger partial charge in [-0.1, -0.05) is 43.2 Å². The second-order valence-electron chi connectivity index (χ2n) is 6.10. The van der Waals surface area contributed by atoms with E-state index in [0.29, 0.717) is 5.92 Å². The highest BCUT2D eigenvalue weighted by atomic mass is 35.5. The Morgan fingerprint density at radius 3 is 2.47 bits per heavy atom. The SMILES string of the molecule is ClC(c1ccc2c3c(cccc13)CC2)C1CCCC1. The molecular formula is C18H19Cl. The van der Waals surface area contributed by atoms with Gasteiger partial charge in [0.1, 0.15) is 0 Å². The predicted molar refractivity (Wildman–Crippen MR) is 81.9 cm³/mol. The lowest BCUT2D eigenvalue weighted by Gasteiger charge is -2.19. The average Bonchev–Trinajstić information content (AvgIpc) is 3.09. The molecule has 2 aliphatic carbocycles. The maximum absolute atomic E-state index is 6.82. The summed E-state index contributed by atoms with van der Waals surface area (Å²) >= 11 is 6.82. The molecule has 98 valence electrons. The highest BCUT2D eigenvalue weighted by Gasteiger charge is 2.27. The molecule has 0 aromatic heterocycles. The zero-order chi connectivity index (χ0) is 12.8. The van der Waals surface area contributed by atoms with Crippen molar-refractivity contribution in [2.75, 3.05) is 0 Å². The number of halogens is 1. The van der Waals surface area contributed by atoms with Crippen molar-refractivity contribution in [2.24, 2.45) is 5.92 Å². The van der Waals surface area contributed by atoms with Gasteiger partial charge in [-0.3, -0.25) is 0 Å². The number of hydrogen-bond acceptors (Lipinski definition) is 0. The molecule has 1 fully saturated rings. The number of benzene rings is 2. The molecule has 0 spiro atoms. The maximum Gasteiger partial charge on any atom is 0.0619 e. The van der Waals surface area contributed by atoms with Crippen LogP contribution in [0.2, 0.25) is 0 Å². The zero-order valence-electron chi connectivity index (χ0n) is 11.2. The van der Waals surface area contributed by atoms with Crippen molar-refractivity contribution in [1.29, 1.82) is 0 Å². The van der Waals surface area contributed by atoms with E-state index in [9.17, 15) is 0 Å². The van der Waals surface area contributed by atoms with E-state index >= 15 is 0 Å². The van der Waals surface area contributed by atoms with Gasteiger partial charge in [-0.15, -0.1) is 11.6 Å². The van der Waals surface area contributed by atoms with Crippen molar-refractivity contribution in [3.8, 4) is 0 Å². The molecule has 2 aromatic carbocycles. The minimum absolute atomic E-state index is 0.201. The predicted octanol–water partition coefficient (Wildman–Crippen LogP) is 5.41. The van der Waals surface area contributed by atoms with Crippen molar-refractivity contribution >= 4 is 22.4 Å². The molecule has 0 N–H and O–H groups in total. The molecule has 0 bridgehead atoms. The summed E-state index contributed by atoms with van der Waals surface area (Å²) in [7, 11) is 0. The van der Waals surface area contributed by atoms with E-state index in [-0.39, 0.29) is 5.38 Å². The lowest BCUT2D eigenvalue weighted by molar-refractivity contribution is 0.531. The van der Waals surface area contributed by atoms with E-state index in [0.717, 1.165) is 0 Å². The largest absolute Gasteiger partial charge is 0.117 e. The van der Waals surface area contributed by atoms with E-state index in [2.05, 4.69) is 30.3 Å². The van der Waals surface area contributed by atoms with Crippen LogP contribution in [-0.4, -0.2) is 0 Å². The summed E-state index contributed by atoms with van der Waals surface area (Å²) in [5.74, 6) is 0.681. The van der Waals surface area contributed by atoms with Gasteiger partial charge in [0.25, 0.3) is 0 Å². The van der Waals surface area contributed by atoms with Crippen LogP contribution < -0.4 is 0 Å². The molecule has 0 heterocycles. The van der Waals surface area contributed by atoms with E-state index in [1.54, 1.807) is 0 Å². The Hall–Kier alpha value is -1.01. The highest BCUT2D eigenvalue weighted by Crippen LogP contribution is 2.44. The standard InChI is InChI=1S/C18H19Cl/c19-18(14-4-1-2-5-14)16-11-10-13-9-8-12-6-3-7-15(16)17(12)13/h3,6-7,10-11,14,18H,1-2,4-5,8-9H2. The van der Waals surface area contributed by atoms with Crippen LogP contribution in [0.25, 0.3) is 10.8 Å². The number of hydrogen-bond donors (Lipinski definition) is 0. The first-order valence-corrected chi connectivity index (χ1v) is 7.95. The van der Waals surface area contributed by atoms with Crippen molar-refractivity contribution < 1.29 is 0 Å². The second kappa shape index (κ2) is 4.52. The fourth-order valence-electron chi connectivity index (χ4n) is 4.01. The van der Waals surface area contributed by atoms with Crippen molar-refractivity contribution in [3.05, 3.63) is 47.0 Å². The molecule has 2 aliphatic rings. The molecule has 1 atom stereocenters. The van der Waals surface area contributed by atoms with E-state index in [1.165, 1.54) is 66.0 Å². The third-order valence-electron chi connectivity index (χ3n) is 5.02. The highest BCUT2D eigenvalue weighted by molar-refractivity contribution is 6.22.